The van der Waals surface area contributed by atoms with Crippen LogP contribution in [-0.2, 0) is 26.0 Å². The number of halogens is 1. The molecular weight excluding hydrogens is 494 g/mol. The average molecular weight is 514 g/mol. The summed E-state index contributed by atoms with van der Waals surface area (Å²) in [5.74, 6) is -1.11. The van der Waals surface area contributed by atoms with Gasteiger partial charge in [0.2, 0.25) is 11.8 Å². The predicted octanol–water partition coefficient (Wildman–Crippen LogP) is 1.91. The zero-order chi connectivity index (χ0) is 23.0. The van der Waals surface area contributed by atoms with Crippen LogP contribution in [0.4, 0.5) is 5.13 Å². The number of anilines is 1. The van der Waals surface area contributed by atoms with Gasteiger partial charge in [-0.2, -0.15) is 4.31 Å². The summed E-state index contributed by atoms with van der Waals surface area (Å²) in [5.41, 5.74) is 11.9. The van der Waals surface area contributed by atoms with E-state index < -0.39 is 27.9 Å². The molecule has 1 unspecified atom stereocenters. The fourth-order valence-corrected chi connectivity index (χ4v) is 7.42. The van der Waals surface area contributed by atoms with Crippen LogP contribution in [-0.4, -0.2) is 60.1 Å². The molecule has 0 aliphatic carbocycles. The first-order valence-corrected chi connectivity index (χ1v) is 13.1. The van der Waals surface area contributed by atoms with E-state index in [2.05, 4.69) is 4.98 Å². The van der Waals surface area contributed by atoms with E-state index in [4.69, 9.17) is 23.1 Å². The minimum atomic E-state index is -3.87. The lowest BCUT2D eigenvalue weighted by Gasteiger charge is -2.37. The molecule has 1 aromatic carbocycles. The highest BCUT2D eigenvalue weighted by Gasteiger charge is 2.38. The van der Waals surface area contributed by atoms with E-state index in [9.17, 15) is 18.0 Å². The van der Waals surface area contributed by atoms with E-state index in [1.165, 1.54) is 16.2 Å². The van der Waals surface area contributed by atoms with Crippen molar-refractivity contribution in [3.05, 3.63) is 40.4 Å². The first-order chi connectivity index (χ1) is 15.1. The molecule has 0 bridgehead atoms. The fourth-order valence-electron chi connectivity index (χ4n) is 3.61. The molecule has 2 amide bonds. The number of rotatable bonds is 7. The van der Waals surface area contributed by atoms with Crippen LogP contribution < -0.4 is 11.5 Å². The first kappa shape index (κ1) is 22.9. The van der Waals surface area contributed by atoms with Crippen molar-refractivity contribution in [3.63, 3.8) is 0 Å². The second kappa shape index (κ2) is 8.94. The number of aryl methyl sites for hydroxylation is 1. The second-order valence-electron chi connectivity index (χ2n) is 7.31. The van der Waals surface area contributed by atoms with Crippen LogP contribution in [0.3, 0.4) is 0 Å². The number of sulfonamides is 1. The number of amides is 2. The third-order valence-corrected chi connectivity index (χ3v) is 9.57. The number of carbonyl (C=O) groups excluding carboxylic acids is 2. The Morgan fingerprint density at radius 1 is 1.28 bits per heavy atom. The summed E-state index contributed by atoms with van der Waals surface area (Å²) in [6, 6.07) is 5.88. The summed E-state index contributed by atoms with van der Waals surface area (Å²) >= 11 is 8.39. The summed E-state index contributed by atoms with van der Waals surface area (Å²) in [5, 5.41) is 3.50. The molecule has 4 N–H and O–H groups in total. The lowest BCUT2D eigenvalue weighted by atomic mass is 10.1. The number of hydrogen-bond acceptors (Lipinski definition) is 8. The van der Waals surface area contributed by atoms with Crippen molar-refractivity contribution < 1.29 is 18.0 Å². The Morgan fingerprint density at radius 3 is 2.72 bits per heavy atom. The molecular formula is C19H20ClN5O4S3. The number of carbonyl (C=O) groups is 2. The van der Waals surface area contributed by atoms with Crippen molar-refractivity contribution in [2.24, 2.45) is 5.73 Å². The van der Waals surface area contributed by atoms with Crippen LogP contribution in [0, 0.1) is 0 Å². The normalized spacial score (nSPS) is 16.5. The Balaban J connectivity index is 1.48. The van der Waals surface area contributed by atoms with Crippen LogP contribution in [0.25, 0.3) is 10.1 Å². The van der Waals surface area contributed by atoms with E-state index in [0.717, 1.165) is 31.4 Å². The number of aromatic nitrogens is 1. The van der Waals surface area contributed by atoms with E-state index in [-0.39, 0.29) is 30.3 Å². The Hall–Kier alpha value is -2.25. The molecule has 32 heavy (non-hydrogen) atoms. The maximum absolute atomic E-state index is 13.1. The summed E-state index contributed by atoms with van der Waals surface area (Å²) in [6.45, 7) is -0.219. The predicted molar refractivity (Wildman–Crippen MR) is 125 cm³/mol. The number of fused-ring (bicyclic) bond motifs is 1. The van der Waals surface area contributed by atoms with Crippen LogP contribution in [0.5, 0.6) is 0 Å². The summed E-state index contributed by atoms with van der Waals surface area (Å²) in [4.78, 5) is 30.4. The number of benzene rings is 1. The van der Waals surface area contributed by atoms with Gasteiger partial charge in [-0.15, -0.1) is 22.7 Å². The van der Waals surface area contributed by atoms with Gasteiger partial charge in [-0.1, -0.05) is 17.7 Å². The zero-order valence-corrected chi connectivity index (χ0v) is 19.9. The van der Waals surface area contributed by atoms with Crippen LogP contribution in [0.2, 0.25) is 5.02 Å². The van der Waals surface area contributed by atoms with Gasteiger partial charge in [0.05, 0.1) is 12.2 Å². The maximum Gasteiger partial charge on any atom is 0.253 e. The highest BCUT2D eigenvalue weighted by atomic mass is 35.5. The van der Waals surface area contributed by atoms with Gasteiger partial charge in [-0.3, -0.25) is 9.59 Å². The average Bonchev–Trinajstić information content (AvgIpc) is 3.34. The third-order valence-electron chi connectivity index (χ3n) is 5.22. The number of nitrogen functional groups attached to an aromatic ring is 1. The van der Waals surface area contributed by atoms with E-state index >= 15 is 0 Å². The van der Waals surface area contributed by atoms with E-state index in [1.807, 2.05) is 0 Å². The number of primary amides is 1. The Kier molecular flexibility index (Phi) is 6.41. The number of nitrogens with zero attached hydrogens (tertiary/aromatic N) is 3. The van der Waals surface area contributed by atoms with Crippen LogP contribution in [0.15, 0.2) is 33.9 Å². The molecule has 0 spiro atoms. The first-order valence-electron chi connectivity index (χ1n) is 9.63. The largest absolute Gasteiger partial charge is 0.375 e. The topological polar surface area (TPSA) is 140 Å². The van der Waals surface area contributed by atoms with Gasteiger partial charge in [0.1, 0.15) is 10.3 Å². The molecule has 9 nitrogen and oxygen atoms in total. The molecule has 0 saturated carbocycles. The van der Waals surface area contributed by atoms with E-state index in [0.29, 0.717) is 16.6 Å². The maximum atomic E-state index is 13.1. The second-order valence-corrected chi connectivity index (χ2v) is 11.9. The summed E-state index contributed by atoms with van der Waals surface area (Å²) in [7, 11) is -3.87. The number of thiazole rings is 1. The molecule has 3 heterocycles. The van der Waals surface area contributed by atoms with Crippen LogP contribution in [0.1, 0.15) is 12.1 Å². The van der Waals surface area contributed by atoms with Gasteiger partial charge in [0, 0.05) is 28.2 Å². The minimum Gasteiger partial charge on any atom is -0.375 e. The van der Waals surface area contributed by atoms with Gasteiger partial charge in [0.25, 0.3) is 10.0 Å². The van der Waals surface area contributed by atoms with Crippen molar-refractivity contribution >= 4 is 71.3 Å². The number of nitrogens with two attached hydrogens (primary N) is 2. The Bertz CT molecular complexity index is 1290. The highest BCUT2D eigenvalue weighted by Crippen LogP contribution is 2.33. The smallest absolute Gasteiger partial charge is 0.253 e. The molecule has 0 radical (unpaired) electrons. The van der Waals surface area contributed by atoms with Crippen molar-refractivity contribution in [1.29, 1.82) is 0 Å². The minimum absolute atomic E-state index is 0.0660. The lowest BCUT2D eigenvalue weighted by Crippen LogP contribution is -2.58. The van der Waals surface area contributed by atoms with Crippen molar-refractivity contribution in [2.75, 3.05) is 25.4 Å². The summed E-state index contributed by atoms with van der Waals surface area (Å²) in [6.07, 6.45) is 0.714. The molecule has 1 atom stereocenters. The standard InChI is InChI=1S/C19H20ClN5O4S3/c20-12-2-1-11-7-17(31-15(11)8-12)32(28,29)24-5-6-25(16(26)9-24)14(18(21)27)4-3-13-10-30-19(22)23-13/h1-2,7-8,10,14H,3-6,9H2,(H2,21,27)(H2,22,23). The quantitative estimate of drug-likeness (QED) is 0.494. The Labute approximate surface area is 197 Å². The SMILES string of the molecule is NC(=O)C(CCc1csc(N)n1)N1CCN(S(=O)(=O)c2cc3ccc(Cl)cc3s2)CC1=O. The number of thiophene rings is 1. The van der Waals surface area contributed by atoms with Gasteiger partial charge >= 0.3 is 0 Å². The molecule has 4 rings (SSSR count). The number of hydrogen-bond donors (Lipinski definition) is 2. The van der Waals surface area contributed by atoms with Gasteiger partial charge in [-0.25, -0.2) is 13.4 Å². The van der Waals surface area contributed by atoms with Crippen LogP contribution >= 0.6 is 34.3 Å². The van der Waals surface area contributed by atoms with Crippen molar-refractivity contribution in [2.45, 2.75) is 23.1 Å². The number of piperazine rings is 1. The van der Waals surface area contributed by atoms with Crippen molar-refractivity contribution in [1.82, 2.24) is 14.2 Å². The molecule has 1 aliphatic rings. The summed E-state index contributed by atoms with van der Waals surface area (Å²) < 4.78 is 28.3. The van der Waals surface area contributed by atoms with E-state index in [1.54, 1.807) is 29.6 Å². The van der Waals surface area contributed by atoms with Crippen molar-refractivity contribution in [3.8, 4) is 0 Å². The zero-order valence-electron chi connectivity index (χ0n) is 16.7. The monoisotopic (exact) mass is 513 g/mol. The molecule has 1 saturated heterocycles. The fraction of sp³-hybridized carbons (Fsp3) is 0.316. The third kappa shape index (κ3) is 4.59. The molecule has 13 heteroatoms. The molecule has 170 valence electrons. The highest BCUT2D eigenvalue weighted by molar-refractivity contribution is 7.91. The lowest BCUT2D eigenvalue weighted by molar-refractivity contribution is -0.142. The molecule has 3 aromatic rings. The van der Waals surface area contributed by atoms with Gasteiger partial charge in [-0.05, 0) is 36.4 Å². The molecule has 1 aliphatic heterocycles. The van der Waals surface area contributed by atoms with Gasteiger partial charge < -0.3 is 16.4 Å². The van der Waals surface area contributed by atoms with Gasteiger partial charge in [0.15, 0.2) is 5.13 Å². The Morgan fingerprint density at radius 2 is 2.06 bits per heavy atom. The molecule has 1 fully saturated rings. The molecule has 2 aromatic heterocycles.